The van der Waals surface area contributed by atoms with Crippen molar-refractivity contribution in [3.05, 3.63) is 41.2 Å². The Morgan fingerprint density at radius 3 is 2.91 bits per heavy atom. The normalized spacial score (nSPS) is 18.5. The first-order valence-corrected chi connectivity index (χ1v) is 8.17. The molecule has 1 fully saturated rings. The summed E-state index contributed by atoms with van der Waals surface area (Å²) >= 11 is 1.38. The van der Waals surface area contributed by atoms with Gasteiger partial charge in [-0.3, -0.25) is 4.79 Å². The molecule has 2 aromatic rings. The van der Waals surface area contributed by atoms with Crippen molar-refractivity contribution in [2.45, 2.75) is 12.8 Å². The minimum atomic E-state index is -0.292. The van der Waals surface area contributed by atoms with Crippen molar-refractivity contribution in [1.29, 1.82) is 0 Å². The summed E-state index contributed by atoms with van der Waals surface area (Å²) in [6, 6.07) is 6.08. The Bertz CT molecular complexity index is 656. The summed E-state index contributed by atoms with van der Waals surface area (Å²) in [6.45, 7) is 1.40. The molecule has 0 radical (unpaired) electrons. The van der Waals surface area contributed by atoms with Crippen LogP contribution in [0.4, 0.5) is 4.39 Å². The number of nitrogens with zero attached hydrogens (tertiary/aromatic N) is 2. The largest absolute Gasteiger partial charge is 0.396 e. The van der Waals surface area contributed by atoms with Gasteiger partial charge < -0.3 is 10.0 Å². The van der Waals surface area contributed by atoms with Gasteiger partial charge in [-0.15, -0.1) is 11.3 Å². The number of carbonyl (C=O) groups is 1. The van der Waals surface area contributed by atoms with Gasteiger partial charge in [-0.2, -0.15) is 0 Å². The third-order valence-electron chi connectivity index (χ3n) is 3.88. The molecule has 2 heterocycles. The molecule has 1 aromatic heterocycles. The Labute approximate surface area is 132 Å². The minimum absolute atomic E-state index is 0.0947. The molecular formula is C16H17FN2O2S. The third-order valence-corrected chi connectivity index (χ3v) is 4.77. The number of piperidine rings is 1. The number of thiazole rings is 1. The van der Waals surface area contributed by atoms with Crippen molar-refractivity contribution < 1.29 is 14.3 Å². The van der Waals surface area contributed by atoms with Gasteiger partial charge in [-0.05, 0) is 43.0 Å². The number of rotatable bonds is 3. The number of aromatic nitrogens is 1. The second kappa shape index (κ2) is 6.54. The molecule has 1 unspecified atom stereocenters. The fourth-order valence-corrected chi connectivity index (χ4v) is 3.46. The Balaban J connectivity index is 1.75. The molecule has 0 aliphatic carbocycles. The lowest BCUT2D eigenvalue weighted by atomic mass is 9.99. The van der Waals surface area contributed by atoms with E-state index in [1.54, 1.807) is 22.4 Å². The summed E-state index contributed by atoms with van der Waals surface area (Å²) in [7, 11) is 0. The van der Waals surface area contributed by atoms with Gasteiger partial charge >= 0.3 is 0 Å². The van der Waals surface area contributed by atoms with Gasteiger partial charge in [0, 0.05) is 30.6 Å². The Hall–Kier alpha value is -1.79. The zero-order valence-corrected chi connectivity index (χ0v) is 12.9. The smallest absolute Gasteiger partial charge is 0.273 e. The average Bonchev–Trinajstić information content (AvgIpc) is 3.05. The van der Waals surface area contributed by atoms with Crippen LogP contribution in [0.2, 0.25) is 0 Å². The molecule has 4 nitrogen and oxygen atoms in total. The number of aliphatic hydroxyl groups is 1. The van der Waals surface area contributed by atoms with E-state index in [-0.39, 0.29) is 24.2 Å². The molecule has 1 saturated heterocycles. The van der Waals surface area contributed by atoms with Gasteiger partial charge in [-0.25, -0.2) is 9.37 Å². The molecule has 0 saturated carbocycles. The quantitative estimate of drug-likeness (QED) is 0.946. The van der Waals surface area contributed by atoms with E-state index >= 15 is 0 Å². The number of aliphatic hydroxyl groups excluding tert-OH is 1. The number of hydrogen-bond donors (Lipinski definition) is 1. The van der Waals surface area contributed by atoms with E-state index in [1.807, 2.05) is 0 Å². The maximum Gasteiger partial charge on any atom is 0.273 e. The van der Waals surface area contributed by atoms with Crippen LogP contribution in [-0.2, 0) is 0 Å². The van der Waals surface area contributed by atoms with Crippen LogP contribution in [0.1, 0.15) is 23.3 Å². The zero-order valence-electron chi connectivity index (χ0n) is 12.0. The Morgan fingerprint density at radius 2 is 2.18 bits per heavy atom. The highest BCUT2D eigenvalue weighted by Crippen LogP contribution is 2.25. The predicted octanol–water partition coefficient (Wildman–Crippen LogP) is 2.79. The van der Waals surface area contributed by atoms with E-state index < -0.39 is 0 Å². The molecule has 6 heteroatoms. The van der Waals surface area contributed by atoms with Crippen LogP contribution >= 0.6 is 11.3 Å². The van der Waals surface area contributed by atoms with E-state index in [9.17, 15) is 14.3 Å². The fraction of sp³-hybridized carbons (Fsp3) is 0.375. The van der Waals surface area contributed by atoms with Crippen LogP contribution in [0, 0.1) is 11.7 Å². The van der Waals surface area contributed by atoms with Crippen LogP contribution in [0.25, 0.3) is 10.6 Å². The monoisotopic (exact) mass is 320 g/mol. The molecule has 1 aliphatic rings. The van der Waals surface area contributed by atoms with Gasteiger partial charge in [0.2, 0.25) is 0 Å². The van der Waals surface area contributed by atoms with E-state index in [1.165, 1.54) is 23.5 Å². The Morgan fingerprint density at radius 1 is 1.41 bits per heavy atom. The molecule has 1 amide bonds. The number of halogens is 1. The van der Waals surface area contributed by atoms with E-state index in [0.29, 0.717) is 23.8 Å². The zero-order chi connectivity index (χ0) is 15.5. The first-order valence-electron chi connectivity index (χ1n) is 7.29. The predicted molar refractivity (Wildman–Crippen MR) is 83.2 cm³/mol. The average molecular weight is 320 g/mol. The number of likely N-dealkylation sites (tertiary alicyclic amines) is 1. The minimum Gasteiger partial charge on any atom is -0.396 e. The molecule has 22 heavy (non-hydrogen) atoms. The maximum absolute atomic E-state index is 13.0. The van der Waals surface area contributed by atoms with E-state index in [2.05, 4.69) is 4.98 Å². The SMILES string of the molecule is O=C(c1csc(-c2ccc(F)cc2)n1)N1CCCC(CO)C1. The number of hydrogen-bond acceptors (Lipinski definition) is 4. The fourth-order valence-electron chi connectivity index (χ4n) is 2.66. The van der Waals surface area contributed by atoms with Crippen LogP contribution in [0.15, 0.2) is 29.6 Å². The molecular weight excluding hydrogens is 303 g/mol. The summed E-state index contributed by atoms with van der Waals surface area (Å²) < 4.78 is 13.0. The highest BCUT2D eigenvalue weighted by atomic mass is 32.1. The van der Waals surface area contributed by atoms with Crippen molar-refractivity contribution >= 4 is 17.2 Å². The number of carbonyl (C=O) groups excluding carboxylic acids is 1. The van der Waals surface area contributed by atoms with Crippen LogP contribution in [0.5, 0.6) is 0 Å². The van der Waals surface area contributed by atoms with Crippen molar-refractivity contribution in [2.75, 3.05) is 19.7 Å². The van der Waals surface area contributed by atoms with Gasteiger partial charge in [0.1, 0.15) is 16.5 Å². The molecule has 1 N–H and O–H groups in total. The number of amides is 1. The lowest BCUT2D eigenvalue weighted by molar-refractivity contribution is 0.0616. The van der Waals surface area contributed by atoms with E-state index in [0.717, 1.165) is 18.4 Å². The summed E-state index contributed by atoms with van der Waals surface area (Å²) in [5.41, 5.74) is 1.22. The lowest BCUT2D eigenvalue weighted by Crippen LogP contribution is -2.41. The van der Waals surface area contributed by atoms with Crippen LogP contribution < -0.4 is 0 Å². The molecule has 1 atom stereocenters. The molecule has 0 spiro atoms. The summed E-state index contributed by atoms with van der Waals surface area (Å²) in [6.07, 6.45) is 1.87. The lowest BCUT2D eigenvalue weighted by Gasteiger charge is -2.31. The maximum atomic E-state index is 13.0. The van der Waals surface area contributed by atoms with Gasteiger partial charge in [0.05, 0.1) is 0 Å². The molecule has 1 aromatic carbocycles. The summed E-state index contributed by atoms with van der Waals surface area (Å²) in [5.74, 6) is -0.226. The molecule has 1 aliphatic heterocycles. The molecule has 0 bridgehead atoms. The first-order chi connectivity index (χ1) is 10.7. The van der Waals surface area contributed by atoms with Gasteiger partial charge in [-0.1, -0.05) is 0 Å². The second-order valence-electron chi connectivity index (χ2n) is 5.49. The molecule has 116 valence electrons. The van der Waals surface area contributed by atoms with Crippen molar-refractivity contribution in [3.8, 4) is 10.6 Å². The van der Waals surface area contributed by atoms with E-state index in [4.69, 9.17) is 0 Å². The Kier molecular flexibility index (Phi) is 4.49. The third kappa shape index (κ3) is 3.18. The van der Waals surface area contributed by atoms with Crippen molar-refractivity contribution in [2.24, 2.45) is 5.92 Å². The molecule has 3 rings (SSSR count). The highest BCUT2D eigenvalue weighted by Gasteiger charge is 2.25. The van der Waals surface area contributed by atoms with Gasteiger partial charge in [0.15, 0.2) is 0 Å². The highest BCUT2D eigenvalue weighted by molar-refractivity contribution is 7.13. The van der Waals surface area contributed by atoms with Crippen LogP contribution in [0.3, 0.4) is 0 Å². The van der Waals surface area contributed by atoms with Crippen molar-refractivity contribution in [1.82, 2.24) is 9.88 Å². The summed E-state index contributed by atoms with van der Waals surface area (Å²) in [4.78, 5) is 18.6. The topological polar surface area (TPSA) is 53.4 Å². The second-order valence-corrected chi connectivity index (χ2v) is 6.34. The van der Waals surface area contributed by atoms with Gasteiger partial charge in [0.25, 0.3) is 5.91 Å². The first kappa shape index (κ1) is 15.1. The number of benzene rings is 1. The van der Waals surface area contributed by atoms with Crippen LogP contribution in [-0.4, -0.2) is 40.6 Å². The van der Waals surface area contributed by atoms with Crippen molar-refractivity contribution in [3.63, 3.8) is 0 Å². The summed E-state index contributed by atoms with van der Waals surface area (Å²) in [5, 5.41) is 11.7. The standard InChI is InChI=1S/C16H17FN2O2S/c17-13-5-3-12(4-6-13)15-18-14(10-22-15)16(21)19-7-1-2-11(8-19)9-20/h3-6,10-11,20H,1-2,7-9H2.